The predicted molar refractivity (Wildman–Crippen MR) is 136 cm³/mol. The monoisotopic (exact) mass is 515 g/mol. The van der Waals surface area contributed by atoms with Crippen molar-refractivity contribution in [1.29, 1.82) is 0 Å². The first-order valence-corrected chi connectivity index (χ1v) is 11.8. The molecule has 3 aromatic carbocycles. The molecule has 2 atom stereocenters. The summed E-state index contributed by atoms with van der Waals surface area (Å²) in [7, 11) is 0. The molecular formula is C27H24F2N3NaO4. The third-order valence-electron chi connectivity index (χ3n) is 6.52. The molecule has 0 bridgehead atoms. The number of nitrogens with zero attached hydrogens (tertiary/aromatic N) is 2. The number of para-hydroxylation sites is 1. The second-order valence-electron chi connectivity index (χ2n) is 8.84. The van der Waals surface area contributed by atoms with E-state index in [-0.39, 0.29) is 41.6 Å². The number of halogens is 2. The van der Waals surface area contributed by atoms with Crippen molar-refractivity contribution in [2.75, 3.05) is 18.5 Å². The molecule has 0 saturated carbocycles. The average molecular weight is 515 g/mol. The van der Waals surface area contributed by atoms with E-state index >= 15 is 0 Å². The third-order valence-corrected chi connectivity index (χ3v) is 6.52. The molecule has 0 amide bonds. The van der Waals surface area contributed by atoms with Crippen LogP contribution in [0.15, 0.2) is 48.5 Å². The maximum absolute atomic E-state index is 14.1. The molecule has 0 aliphatic carbocycles. The van der Waals surface area contributed by atoms with E-state index in [0.717, 1.165) is 28.6 Å². The molecule has 186 valence electrons. The normalized spacial score (nSPS) is 17.4. The summed E-state index contributed by atoms with van der Waals surface area (Å²) >= 11 is 0. The van der Waals surface area contributed by atoms with E-state index < -0.39 is 17.7 Å². The van der Waals surface area contributed by atoms with Crippen molar-refractivity contribution < 1.29 is 27.8 Å². The van der Waals surface area contributed by atoms with Gasteiger partial charge in [-0.2, -0.15) is 0 Å². The summed E-state index contributed by atoms with van der Waals surface area (Å²) < 4.78 is 47.0. The Morgan fingerprint density at radius 1 is 1.11 bits per heavy atom. The fraction of sp³-hybridized carbons (Fsp3) is 0.259. The molecule has 37 heavy (non-hydrogen) atoms. The van der Waals surface area contributed by atoms with Gasteiger partial charge in [0.1, 0.15) is 30.5 Å². The van der Waals surface area contributed by atoms with Crippen LogP contribution in [0.3, 0.4) is 0 Å². The molecule has 1 aromatic heterocycles. The molecule has 7 nitrogen and oxygen atoms in total. The fourth-order valence-corrected chi connectivity index (χ4v) is 4.92. The van der Waals surface area contributed by atoms with Crippen molar-refractivity contribution in [3.05, 3.63) is 77.1 Å². The van der Waals surface area contributed by atoms with Crippen LogP contribution in [-0.2, 0) is 16.0 Å². The minimum atomic E-state index is -0.925. The van der Waals surface area contributed by atoms with Gasteiger partial charge in [-0.25, -0.2) is 13.8 Å². The Kier molecular flexibility index (Phi) is 6.87. The number of benzene rings is 3. The molecule has 0 saturated heterocycles. The molecule has 2 aliphatic rings. The molecular weight excluding hydrogens is 491 g/mol. The van der Waals surface area contributed by atoms with Crippen molar-refractivity contribution in [2.45, 2.75) is 32.4 Å². The van der Waals surface area contributed by atoms with Gasteiger partial charge in [0.05, 0.1) is 22.8 Å². The van der Waals surface area contributed by atoms with Crippen LogP contribution in [0.1, 0.15) is 42.9 Å². The minimum absolute atomic E-state index is 0. The summed E-state index contributed by atoms with van der Waals surface area (Å²) in [4.78, 5) is 15.9. The Morgan fingerprint density at radius 2 is 1.92 bits per heavy atom. The van der Waals surface area contributed by atoms with Gasteiger partial charge in [-0.15, -0.1) is 0 Å². The van der Waals surface area contributed by atoms with Gasteiger partial charge >= 0.3 is 35.5 Å². The van der Waals surface area contributed by atoms with Crippen LogP contribution in [0.4, 0.5) is 14.5 Å². The van der Waals surface area contributed by atoms with Gasteiger partial charge in [0.25, 0.3) is 0 Å². The second kappa shape index (κ2) is 9.96. The number of hydrogen-bond donors (Lipinski definition) is 1. The molecule has 0 fully saturated rings. The van der Waals surface area contributed by atoms with Crippen LogP contribution in [0.2, 0.25) is 0 Å². The molecule has 2 aliphatic heterocycles. The van der Waals surface area contributed by atoms with E-state index in [0.29, 0.717) is 48.0 Å². The number of hydrogen-bond acceptors (Lipinski definition) is 6. The number of fused-ring (bicyclic) bond motifs is 3. The van der Waals surface area contributed by atoms with E-state index in [1.54, 1.807) is 0 Å². The Balaban J connectivity index is 0.00000280. The molecule has 0 radical (unpaired) electrons. The zero-order chi connectivity index (χ0) is 25.0. The van der Waals surface area contributed by atoms with Crippen molar-refractivity contribution in [3.63, 3.8) is 0 Å². The van der Waals surface area contributed by atoms with Gasteiger partial charge in [0.2, 0.25) is 0 Å². The molecule has 1 N–H and O–H groups in total. The number of imidazole rings is 1. The number of anilines is 1. The predicted octanol–water partition coefficient (Wildman–Crippen LogP) is 4.76. The summed E-state index contributed by atoms with van der Waals surface area (Å²) in [6.45, 7) is 4.00. The zero-order valence-electron chi connectivity index (χ0n) is 19.7. The van der Waals surface area contributed by atoms with Crippen molar-refractivity contribution in [1.82, 2.24) is 9.55 Å². The molecule has 4 aromatic rings. The quantitative estimate of drug-likeness (QED) is 0.305. The van der Waals surface area contributed by atoms with Crippen LogP contribution in [-0.4, -0.2) is 58.3 Å². The standard InChI is InChI=1S/C27H23F2N3O4.Na.H/c1-3-26-31-20-10-18(28)19(29)11-23(20)32(26)22-6-4-5-16-21(12-35-27(16)22)30-15-7-8-17-24(9-15)34-13-25(17)36-14(2)33;;/h4-11,21,25,30H,3,12-13H2,1-2H3;;/t21-,25-;;/m1../s1. The number of aromatic nitrogens is 2. The van der Waals surface area contributed by atoms with E-state index in [1.807, 2.05) is 47.9 Å². The first kappa shape index (κ1) is 25.5. The number of carbonyl (C=O) groups is 1. The Labute approximate surface area is 234 Å². The van der Waals surface area contributed by atoms with Gasteiger partial charge in [0, 0.05) is 48.4 Å². The number of carbonyl (C=O) groups excluding carboxylic acids is 1. The molecule has 3 heterocycles. The van der Waals surface area contributed by atoms with E-state index in [1.165, 1.54) is 13.0 Å². The van der Waals surface area contributed by atoms with Crippen LogP contribution in [0, 0.1) is 11.6 Å². The molecule has 0 unspecified atom stereocenters. The zero-order valence-corrected chi connectivity index (χ0v) is 19.7. The number of esters is 1. The summed E-state index contributed by atoms with van der Waals surface area (Å²) in [5.41, 5.74) is 4.22. The summed E-state index contributed by atoms with van der Waals surface area (Å²) in [5, 5.41) is 3.49. The van der Waals surface area contributed by atoms with Gasteiger partial charge < -0.3 is 19.5 Å². The van der Waals surface area contributed by atoms with Gasteiger partial charge in [-0.1, -0.05) is 19.1 Å². The number of aryl methyl sites for hydroxylation is 1. The van der Waals surface area contributed by atoms with Crippen molar-refractivity contribution in [3.8, 4) is 17.2 Å². The number of rotatable bonds is 5. The first-order valence-electron chi connectivity index (χ1n) is 11.8. The first-order chi connectivity index (χ1) is 17.4. The average Bonchev–Trinajstić information content (AvgIpc) is 3.55. The van der Waals surface area contributed by atoms with Crippen LogP contribution in [0.25, 0.3) is 16.7 Å². The summed E-state index contributed by atoms with van der Waals surface area (Å²) in [5.74, 6) is -0.174. The Hall–Kier alpha value is -3.14. The molecule has 6 rings (SSSR count). The summed E-state index contributed by atoms with van der Waals surface area (Å²) in [6.07, 6.45) is 0.174. The molecule has 10 heteroatoms. The Bertz CT molecular complexity index is 1520. The SMILES string of the molecule is CCc1nc2cc(F)c(F)cc2n1-c1cccc2c1OC[C@H]2Nc1ccc2c(c1)OC[C@H]2OC(C)=O.[NaH]. The second-order valence-corrected chi connectivity index (χ2v) is 8.84. The van der Waals surface area contributed by atoms with E-state index in [2.05, 4.69) is 10.3 Å². The fourth-order valence-electron chi connectivity index (χ4n) is 4.92. The van der Waals surface area contributed by atoms with Gasteiger partial charge in [-0.3, -0.25) is 9.36 Å². The Morgan fingerprint density at radius 3 is 2.70 bits per heavy atom. The number of ether oxygens (including phenoxy) is 3. The topological polar surface area (TPSA) is 74.6 Å². The van der Waals surface area contributed by atoms with Crippen molar-refractivity contribution in [2.24, 2.45) is 0 Å². The van der Waals surface area contributed by atoms with Crippen molar-refractivity contribution >= 4 is 52.2 Å². The van der Waals surface area contributed by atoms with E-state index in [4.69, 9.17) is 14.2 Å². The van der Waals surface area contributed by atoms with Crippen LogP contribution < -0.4 is 14.8 Å². The van der Waals surface area contributed by atoms with E-state index in [9.17, 15) is 13.6 Å². The third kappa shape index (κ3) is 4.45. The van der Waals surface area contributed by atoms with Gasteiger partial charge in [0.15, 0.2) is 17.7 Å². The molecule has 0 spiro atoms. The number of nitrogens with one attached hydrogen (secondary N) is 1. The van der Waals surface area contributed by atoms with Crippen LogP contribution >= 0.6 is 0 Å². The van der Waals surface area contributed by atoms with Crippen LogP contribution in [0.5, 0.6) is 11.5 Å². The van der Waals surface area contributed by atoms with Gasteiger partial charge in [-0.05, 0) is 18.2 Å². The maximum atomic E-state index is 14.1. The summed E-state index contributed by atoms with van der Waals surface area (Å²) in [6, 6.07) is 13.6.